The Morgan fingerprint density at radius 1 is 1.08 bits per heavy atom. The summed E-state index contributed by atoms with van der Waals surface area (Å²) in [6.45, 7) is 9.39. The number of para-hydroxylation sites is 1. The fourth-order valence-electron chi connectivity index (χ4n) is 3.55. The van der Waals surface area contributed by atoms with E-state index in [1.54, 1.807) is 0 Å². The molecule has 0 amide bonds. The molecule has 0 atom stereocenters. The highest BCUT2D eigenvalue weighted by molar-refractivity contribution is 5.95. The van der Waals surface area contributed by atoms with Gasteiger partial charge in [-0.3, -0.25) is 4.99 Å². The molecule has 2 heteroatoms. The van der Waals surface area contributed by atoms with Gasteiger partial charge in [0.05, 0.1) is 0 Å². The Balaban J connectivity index is 2.07. The van der Waals surface area contributed by atoms with E-state index in [0.29, 0.717) is 0 Å². The van der Waals surface area contributed by atoms with Crippen molar-refractivity contribution in [2.24, 2.45) is 4.99 Å². The molecule has 2 nitrogen and oxygen atoms in total. The number of allylic oxidation sites excluding steroid dienone is 3. The van der Waals surface area contributed by atoms with Crippen LogP contribution < -0.4 is 4.90 Å². The maximum atomic E-state index is 4.39. The first-order valence-electron chi connectivity index (χ1n) is 9.55. The van der Waals surface area contributed by atoms with Gasteiger partial charge in [0.15, 0.2) is 0 Å². The van der Waals surface area contributed by atoms with Gasteiger partial charge in [0.1, 0.15) is 0 Å². The molecule has 1 aliphatic rings. The van der Waals surface area contributed by atoms with Gasteiger partial charge in [-0.1, -0.05) is 48.5 Å². The lowest BCUT2D eigenvalue weighted by Gasteiger charge is -2.32. The number of fused-ring (bicyclic) bond motifs is 1. The van der Waals surface area contributed by atoms with Crippen LogP contribution in [0.5, 0.6) is 0 Å². The maximum Gasteiger partial charge on any atom is 0.0442 e. The summed E-state index contributed by atoms with van der Waals surface area (Å²) in [6, 6.07) is 17.3. The third-order valence-corrected chi connectivity index (χ3v) is 4.95. The van der Waals surface area contributed by atoms with Gasteiger partial charge in [0.2, 0.25) is 0 Å². The number of anilines is 1. The van der Waals surface area contributed by atoms with E-state index in [9.17, 15) is 0 Å². The number of nitrogens with zero attached hydrogens (tertiary/aromatic N) is 2. The van der Waals surface area contributed by atoms with Crippen LogP contribution in [0.25, 0.3) is 11.1 Å². The Kier molecular flexibility index (Phi) is 6.06. The average Bonchev–Trinajstić information content (AvgIpc) is 2.68. The van der Waals surface area contributed by atoms with Gasteiger partial charge >= 0.3 is 0 Å². The highest BCUT2D eigenvalue weighted by atomic mass is 15.1. The average molecular weight is 345 g/mol. The summed E-state index contributed by atoms with van der Waals surface area (Å²) in [4.78, 5) is 6.85. The summed E-state index contributed by atoms with van der Waals surface area (Å²) in [7, 11) is 0. The lowest BCUT2D eigenvalue weighted by Crippen LogP contribution is -2.28. The molecule has 0 saturated heterocycles. The number of hydrogen-bond acceptors (Lipinski definition) is 2. The van der Waals surface area contributed by atoms with Crippen LogP contribution in [0.15, 0.2) is 65.7 Å². The Morgan fingerprint density at radius 3 is 2.62 bits per heavy atom. The molecule has 0 bridgehead atoms. The topological polar surface area (TPSA) is 15.6 Å². The van der Waals surface area contributed by atoms with Crippen LogP contribution in [-0.4, -0.2) is 25.8 Å². The number of hydrogen-bond donors (Lipinski definition) is 0. The second-order valence-electron chi connectivity index (χ2n) is 6.60. The fourth-order valence-corrected chi connectivity index (χ4v) is 3.55. The first-order chi connectivity index (χ1) is 12.7. The Labute approximate surface area is 157 Å². The quantitative estimate of drug-likeness (QED) is 0.628. The zero-order valence-electron chi connectivity index (χ0n) is 16.1. The van der Waals surface area contributed by atoms with Crippen LogP contribution >= 0.6 is 0 Å². The van der Waals surface area contributed by atoms with Crippen LogP contribution in [0.4, 0.5) is 5.69 Å². The highest BCUT2D eigenvalue weighted by Gasteiger charge is 2.19. The SMILES string of the molecule is CCN=C/C=C(/C=C1CCN(CC)c2ccccc21)c1ccccc1C. The molecule has 1 aliphatic heterocycles. The Hall–Kier alpha value is -2.61. The minimum atomic E-state index is 0.808. The predicted octanol–water partition coefficient (Wildman–Crippen LogP) is 5.78. The molecule has 2 aromatic carbocycles. The summed E-state index contributed by atoms with van der Waals surface area (Å²) >= 11 is 0. The molecule has 2 aromatic rings. The minimum absolute atomic E-state index is 0.808. The van der Waals surface area contributed by atoms with Gasteiger partial charge in [0, 0.05) is 37.1 Å². The smallest absolute Gasteiger partial charge is 0.0442 e. The summed E-state index contributed by atoms with van der Waals surface area (Å²) < 4.78 is 0. The highest BCUT2D eigenvalue weighted by Crippen LogP contribution is 2.36. The molecule has 0 radical (unpaired) electrons. The Bertz CT molecular complexity index is 843. The van der Waals surface area contributed by atoms with Crippen molar-refractivity contribution in [2.75, 3.05) is 24.5 Å². The third-order valence-electron chi connectivity index (χ3n) is 4.95. The van der Waals surface area contributed by atoms with E-state index in [1.807, 2.05) is 6.21 Å². The van der Waals surface area contributed by atoms with E-state index in [1.165, 1.54) is 33.5 Å². The van der Waals surface area contributed by atoms with Crippen molar-refractivity contribution >= 4 is 23.0 Å². The second kappa shape index (κ2) is 8.66. The van der Waals surface area contributed by atoms with Gasteiger partial charge in [-0.25, -0.2) is 0 Å². The first-order valence-corrected chi connectivity index (χ1v) is 9.55. The molecular formula is C24H28N2. The maximum absolute atomic E-state index is 4.39. The molecule has 0 unspecified atom stereocenters. The summed E-state index contributed by atoms with van der Waals surface area (Å²) in [6.07, 6.45) is 7.51. The molecule has 0 saturated carbocycles. The monoisotopic (exact) mass is 344 g/mol. The van der Waals surface area contributed by atoms with Crippen molar-refractivity contribution in [2.45, 2.75) is 27.2 Å². The van der Waals surface area contributed by atoms with Crippen LogP contribution in [0.1, 0.15) is 37.0 Å². The Morgan fingerprint density at radius 2 is 1.85 bits per heavy atom. The predicted molar refractivity (Wildman–Crippen MR) is 115 cm³/mol. The molecule has 26 heavy (non-hydrogen) atoms. The van der Waals surface area contributed by atoms with Crippen molar-refractivity contribution in [3.05, 3.63) is 77.4 Å². The van der Waals surface area contributed by atoms with Gasteiger partial charge in [-0.05, 0) is 61.6 Å². The van der Waals surface area contributed by atoms with Crippen molar-refractivity contribution in [3.8, 4) is 0 Å². The van der Waals surface area contributed by atoms with E-state index < -0.39 is 0 Å². The van der Waals surface area contributed by atoms with E-state index in [4.69, 9.17) is 0 Å². The van der Waals surface area contributed by atoms with Gasteiger partial charge in [-0.2, -0.15) is 0 Å². The first kappa shape index (κ1) is 18.2. The molecule has 0 spiro atoms. The molecule has 3 rings (SSSR count). The molecule has 134 valence electrons. The zero-order valence-corrected chi connectivity index (χ0v) is 16.1. The standard InChI is InChI=1S/C24H28N2/c1-4-25-16-14-20(22-11-7-6-10-19(22)3)18-21-15-17-26(5-2)24-13-9-8-12-23(21)24/h6-14,16,18H,4-5,15,17H2,1-3H3/b20-14-,21-18?,25-16?. The molecular weight excluding hydrogens is 316 g/mol. The van der Waals surface area contributed by atoms with Crippen LogP contribution in [0, 0.1) is 6.92 Å². The molecule has 0 aromatic heterocycles. The van der Waals surface area contributed by atoms with E-state index in [2.05, 4.69) is 91.3 Å². The van der Waals surface area contributed by atoms with E-state index in [0.717, 1.165) is 26.1 Å². The normalized spacial score (nSPS) is 16.3. The van der Waals surface area contributed by atoms with Crippen molar-refractivity contribution in [1.29, 1.82) is 0 Å². The summed E-state index contributed by atoms with van der Waals surface area (Å²) in [5, 5.41) is 0. The van der Waals surface area contributed by atoms with Gasteiger partial charge in [-0.15, -0.1) is 0 Å². The third kappa shape index (κ3) is 3.96. The number of rotatable bonds is 5. The number of aliphatic imine (C=N–C) groups is 1. The minimum Gasteiger partial charge on any atom is -0.371 e. The lowest BCUT2D eigenvalue weighted by molar-refractivity contribution is 0.809. The van der Waals surface area contributed by atoms with Crippen LogP contribution in [0.2, 0.25) is 0 Å². The second-order valence-corrected chi connectivity index (χ2v) is 6.60. The van der Waals surface area contributed by atoms with Crippen molar-refractivity contribution < 1.29 is 0 Å². The zero-order chi connectivity index (χ0) is 18.4. The number of aryl methyl sites for hydroxylation is 1. The van der Waals surface area contributed by atoms with Gasteiger partial charge in [0.25, 0.3) is 0 Å². The van der Waals surface area contributed by atoms with Crippen LogP contribution in [-0.2, 0) is 0 Å². The van der Waals surface area contributed by atoms with Crippen LogP contribution in [0.3, 0.4) is 0 Å². The van der Waals surface area contributed by atoms with Crippen molar-refractivity contribution in [1.82, 2.24) is 0 Å². The molecule has 0 N–H and O–H groups in total. The largest absolute Gasteiger partial charge is 0.371 e. The fraction of sp³-hybridized carbons (Fsp3) is 0.292. The molecule has 0 aliphatic carbocycles. The lowest BCUT2D eigenvalue weighted by atomic mass is 9.91. The molecule has 0 fully saturated rings. The van der Waals surface area contributed by atoms with Crippen molar-refractivity contribution in [3.63, 3.8) is 0 Å². The number of benzene rings is 2. The molecule has 1 heterocycles. The summed E-state index contributed by atoms with van der Waals surface area (Å²) in [5.74, 6) is 0. The van der Waals surface area contributed by atoms with Gasteiger partial charge < -0.3 is 4.90 Å². The van der Waals surface area contributed by atoms with E-state index >= 15 is 0 Å². The van der Waals surface area contributed by atoms with E-state index in [-0.39, 0.29) is 0 Å². The summed E-state index contributed by atoms with van der Waals surface area (Å²) in [5.41, 5.74) is 7.91.